The van der Waals surface area contributed by atoms with Crippen LogP contribution in [-0.2, 0) is 38.7 Å². The molecule has 9 heteroatoms. The Bertz CT molecular complexity index is 1110. The Labute approximate surface area is 211 Å². The Hall–Kier alpha value is -3.75. The standard InChI is InChI=1S/C27H33N3O6/c1-27(2,3)36-25(32)29-15-20-10-11-22(14-21(20)16-29)28-12-13-30(23(17-28)24(31)34-4)26(33)35-18-19-8-6-5-7-9-19/h5-11,14,23H,12-13,15-18H2,1-4H3. The summed E-state index contributed by atoms with van der Waals surface area (Å²) in [5.41, 5.74) is 3.35. The first kappa shape index (κ1) is 25.3. The highest BCUT2D eigenvalue weighted by atomic mass is 16.6. The molecule has 2 aromatic rings. The molecule has 2 aliphatic rings. The van der Waals surface area contributed by atoms with E-state index >= 15 is 0 Å². The maximum Gasteiger partial charge on any atom is 0.410 e. The van der Waals surface area contributed by atoms with Gasteiger partial charge in [-0.25, -0.2) is 14.4 Å². The lowest BCUT2D eigenvalue weighted by Crippen LogP contribution is -2.58. The van der Waals surface area contributed by atoms with Crippen molar-refractivity contribution in [3.8, 4) is 0 Å². The maximum atomic E-state index is 12.8. The van der Waals surface area contributed by atoms with E-state index in [0.29, 0.717) is 26.2 Å². The summed E-state index contributed by atoms with van der Waals surface area (Å²) >= 11 is 0. The van der Waals surface area contributed by atoms with Crippen LogP contribution in [0.25, 0.3) is 0 Å². The lowest BCUT2D eigenvalue weighted by Gasteiger charge is -2.40. The van der Waals surface area contributed by atoms with E-state index < -0.39 is 23.7 Å². The highest BCUT2D eigenvalue weighted by Gasteiger charge is 2.37. The third-order valence-electron chi connectivity index (χ3n) is 6.22. The van der Waals surface area contributed by atoms with Crippen LogP contribution in [0.5, 0.6) is 0 Å². The molecule has 0 N–H and O–H groups in total. The van der Waals surface area contributed by atoms with Crippen molar-refractivity contribution >= 4 is 23.8 Å². The van der Waals surface area contributed by atoms with Crippen LogP contribution in [0.2, 0.25) is 0 Å². The molecule has 0 aromatic heterocycles. The number of nitrogens with zero attached hydrogens (tertiary/aromatic N) is 3. The number of ether oxygens (including phenoxy) is 3. The van der Waals surface area contributed by atoms with E-state index in [0.717, 1.165) is 22.4 Å². The molecular weight excluding hydrogens is 462 g/mol. The van der Waals surface area contributed by atoms with Crippen molar-refractivity contribution in [3.63, 3.8) is 0 Å². The quantitative estimate of drug-likeness (QED) is 0.469. The van der Waals surface area contributed by atoms with Crippen LogP contribution in [0, 0.1) is 0 Å². The predicted molar refractivity (Wildman–Crippen MR) is 133 cm³/mol. The molecule has 0 radical (unpaired) electrons. The number of fused-ring (bicyclic) bond motifs is 1. The van der Waals surface area contributed by atoms with Crippen LogP contribution in [-0.4, -0.2) is 66.3 Å². The van der Waals surface area contributed by atoms with Crippen molar-refractivity contribution in [1.29, 1.82) is 0 Å². The Balaban J connectivity index is 1.42. The molecule has 2 heterocycles. The van der Waals surface area contributed by atoms with E-state index in [1.807, 2.05) is 69.3 Å². The van der Waals surface area contributed by atoms with E-state index in [4.69, 9.17) is 14.2 Å². The fourth-order valence-corrected chi connectivity index (χ4v) is 4.41. The Morgan fingerprint density at radius 2 is 1.67 bits per heavy atom. The molecule has 1 fully saturated rings. The van der Waals surface area contributed by atoms with Gasteiger partial charge in [-0.2, -0.15) is 0 Å². The third-order valence-corrected chi connectivity index (χ3v) is 6.22. The summed E-state index contributed by atoms with van der Waals surface area (Å²) in [6.45, 7) is 7.76. The fourth-order valence-electron chi connectivity index (χ4n) is 4.41. The molecular formula is C27H33N3O6. The van der Waals surface area contributed by atoms with Crippen molar-refractivity contribution in [1.82, 2.24) is 9.80 Å². The van der Waals surface area contributed by atoms with Gasteiger partial charge < -0.3 is 19.1 Å². The van der Waals surface area contributed by atoms with Crippen LogP contribution in [0.1, 0.15) is 37.5 Å². The molecule has 1 atom stereocenters. The zero-order chi connectivity index (χ0) is 25.9. The summed E-state index contributed by atoms with van der Waals surface area (Å²) in [5.74, 6) is -0.492. The summed E-state index contributed by atoms with van der Waals surface area (Å²) in [4.78, 5) is 43.1. The number of carbonyl (C=O) groups is 3. The number of carbonyl (C=O) groups excluding carboxylic acids is 3. The highest BCUT2D eigenvalue weighted by molar-refractivity contribution is 5.83. The zero-order valence-corrected chi connectivity index (χ0v) is 21.2. The minimum atomic E-state index is -0.793. The van der Waals surface area contributed by atoms with Crippen molar-refractivity contribution < 1.29 is 28.6 Å². The van der Waals surface area contributed by atoms with Gasteiger partial charge in [-0.15, -0.1) is 0 Å². The number of amides is 2. The first-order chi connectivity index (χ1) is 17.1. The third kappa shape index (κ3) is 5.90. The Kier molecular flexibility index (Phi) is 7.37. The first-order valence-electron chi connectivity index (χ1n) is 12.0. The number of benzene rings is 2. The minimum absolute atomic E-state index is 0.132. The number of hydrogen-bond donors (Lipinski definition) is 0. The SMILES string of the molecule is COC(=O)C1CN(c2ccc3c(c2)CN(C(=O)OC(C)(C)C)C3)CCN1C(=O)OCc1ccccc1. The van der Waals surface area contributed by atoms with Crippen LogP contribution in [0.15, 0.2) is 48.5 Å². The maximum absolute atomic E-state index is 12.8. The molecule has 4 rings (SSSR count). The molecule has 0 aliphatic carbocycles. The summed E-state index contributed by atoms with van der Waals surface area (Å²) in [6, 6.07) is 14.6. The van der Waals surface area contributed by atoms with Gasteiger partial charge in [-0.3, -0.25) is 9.80 Å². The van der Waals surface area contributed by atoms with Crippen molar-refractivity contribution in [3.05, 3.63) is 65.2 Å². The minimum Gasteiger partial charge on any atom is -0.467 e. The van der Waals surface area contributed by atoms with Gasteiger partial charge >= 0.3 is 18.2 Å². The second kappa shape index (κ2) is 10.5. The molecule has 0 bridgehead atoms. The number of hydrogen-bond acceptors (Lipinski definition) is 7. The first-order valence-corrected chi connectivity index (χ1v) is 12.0. The van der Waals surface area contributed by atoms with Gasteiger partial charge in [0, 0.05) is 38.4 Å². The molecule has 0 saturated carbocycles. The summed E-state index contributed by atoms with van der Waals surface area (Å²) in [6.07, 6.45) is -0.885. The summed E-state index contributed by atoms with van der Waals surface area (Å²) < 4.78 is 16.0. The van der Waals surface area contributed by atoms with Crippen LogP contribution < -0.4 is 4.90 Å². The Morgan fingerprint density at radius 1 is 0.944 bits per heavy atom. The van der Waals surface area contributed by atoms with Crippen molar-refractivity contribution in [2.45, 2.75) is 52.1 Å². The van der Waals surface area contributed by atoms with E-state index in [2.05, 4.69) is 4.90 Å². The fraction of sp³-hybridized carbons (Fsp3) is 0.444. The molecule has 192 valence electrons. The molecule has 1 unspecified atom stereocenters. The van der Waals surface area contributed by atoms with E-state index in [1.54, 1.807) is 4.90 Å². The van der Waals surface area contributed by atoms with Gasteiger partial charge in [0.05, 0.1) is 7.11 Å². The summed E-state index contributed by atoms with van der Waals surface area (Å²) in [5, 5.41) is 0. The van der Waals surface area contributed by atoms with Crippen LogP contribution in [0.4, 0.5) is 15.3 Å². The molecule has 36 heavy (non-hydrogen) atoms. The van der Waals surface area contributed by atoms with Gasteiger partial charge in [-0.1, -0.05) is 36.4 Å². The number of piperazine rings is 1. The monoisotopic (exact) mass is 495 g/mol. The smallest absolute Gasteiger partial charge is 0.410 e. The average molecular weight is 496 g/mol. The molecule has 0 spiro atoms. The number of rotatable bonds is 4. The lowest BCUT2D eigenvalue weighted by molar-refractivity contribution is -0.146. The van der Waals surface area contributed by atoms with Gasteiger partial charge in [0.2, 0.25) is 0 Å². The number of esters is 1. The van der Waals surface area contributed by atoms with Crippen LogP contribution in [0.3, 0.4) is 0 Å². The van der Waals surface area contributed by atoms with Gasteiger partial charge in [0.25, 0.3) is 0 Å². The lowest BCUT2D eigenvalue weighted by atomic mass is 10.1. The average Bonchev–Trinajstić information content (AvgIpc) is 3.30. The van der Waals surface area contributed by atoms with E-state index in [1.165, 1.54) is 12.0 Å². The predicted octanol–water partition coefficient (Wildman–Crippen LogP) is 3.94. The molecule has 2 amide bonds. The second-order valence-electron chi connectivity index (χ2n) is 10.0. The second-order valence-corrected chi connectivity index (χ2v) is 10.0. The number of anilines is 1. The largest absolute Gasteiger partial charge is 0.467 e. The van der Waals surface area contributed by atoms with Gasteiger partial charge in [-0.05, 0) is 49.6 Å². The van der Waals surface area contributed by atoms with Gasteiger partial charge in [0.15, 0.2) is 6.04 Å². The zero-order valence-electron chi connectivity index (χ0n) is 21.2. The Morgan fingerprint density at radius 3 is 2.36 bits per heavy atom. The number of methoxy groups -OCH3 is 1. The van der Waals surface area contributed by atoms with E-state index in [9.17, 15) is 14.4 Å². The normalized spacial score (nSPS) is 17.4. The molecule has 1 saturated heterocycles. The molecule has 9 nitrogen and oxygen atoms in total. The van der Waals surface area contributed by atoms with E-state index in [-0.39, 0.29) is 19.2 Å². The highest BCUT2D eigenvalue weighted by Crippen LogP contribution is 2.30. The topological polar surface area (TPSA) is 88.6 Å². The summed E-state index contributed by atoms with van der Waals surface area (Å²) in [7, 11) is 1.31. The van der Waals surface area contributed by atoms with Crippen LogP contribution >= 0.6 is 0 Å². The van der Waals surface area contributed by atoms with Crippen molar-refractivity contribution in [2.75, 3.05) is 31.6 Å². The van der Waals surface area contributed by atoms with Gasteiger partial charge in [0.1, 0.15) is 12.2 Å². The van der Waals surface area contributed by atoms with Crippen molar-refractivity contribution in [2.24, 2.45) is 0 Å². The molecule has 2 aromatic carbocycles. The molecule has 2 aliphatic heterocycles.